The number of benzene rings is 1. The maximum Gasteiger partial charge on any atom is 0.00695 e. The van der Waals surface area contributed by atoms with Crippen molar-refractivity contribution in [2.24, 2.45) is 0 Å². The van der Waals surface area contributed by atoms with Gasteiger partial charge in [0, 0.05) is 12.1 Å². The molecule has 0 aliphatic heterocycles. The Kier molecular flexibility index (Phi) is 5.04. The van der Waals surface area contributed by atoms with E-state index < -0.39 is 0 Å². The Balaban J connectivity index is 1.88. The lowest BCUT2D eigenvalue weighted by molar-refractivity contribution is 0.307. The highest BCUT2D eigenvalue weighted by Gasteiger charge is 2.24. The molecule has 0 heterocycles. The minimum atomic E-state index is 0.252. The molecule has 1 atom stereocenters. The van der Waals surface area contributed by atoms with Crippen LogP contribution in [0.5, 0.6) is 0 Å². The van der Waals surface area contributed by atoms with Gasteiger partial charge in [-0.2, -0.15) is 0 Å². The van der Waals surface area contributed by atoms with E-state index in [4.69, 9.17) is 0 Å². The minimum Gasteiger partial charge on any atom is -0.311 e. The molecule has 0 bridgehead atoms. The van der Waals surface area contributed by atoms with Crippen molar-refractivity contribution in [3.05, 3.63) is 35.9 Å². The van der Waals surface area contributed by atoms with Gasteiger partial charge in [0.25, 0.3) is 0 Å². The van der Waals surface area contributed by atoms with Gasteiger partial charge in [0.1, 0.15) is 0 Å². The molecule has 2 rings (SSSR count). The molecule has 0 spiro atoms. The van der Waals surface area contributed by atoms with Gasteiger partial charge in [-0.25, -0.2) is 0 Å². The molecule has 1 aromatic rings. The summed E-state index contributed by atoms with van der Waals surface area (Å²) in [5.74, 6) is 0. The highest BCUT2D eigenvalue weighted by molar-refractivity contribution is 5.23. The van der Waals surface area contributed by atoms with Crippen LogP contribution in [0.25, 0.3) is 0 Å². The maximum absolute atomic E-state index is 3.84. The Hall–Kier alpha value is -0.820. The van der Waals surface area contributed by atoms with Crippen LogP contribution in [0, 0.1) is 0 Å². The molecule has 1 nitrogen and oxygen atoms in total. The molecule has 19 heavy (non-hydrogen) atoms. The Morgan fingerprint density at radius 3 is 2.37 bits per heavy atom. The third-order valence-electron chi connectivity index (χ3n) is 4.50. The number of rotatable bonds is 5. The number of hydrogen-bond acceptors (Lipinski definition) is 1. The first kappa shape index (κ1) is 14.6. The van der Waals surface area contributed by atoms with E-state index in [-0.39, 0.29) is 5.41 Å². The van der Waals surface area contributed by atoms with Crippen LogP contribution in [0.1, 0.15) is 64.9 Å². The SMILES string of the molecule is CC(CC(C)(C)c1ccccc1)NC1CCCCC1. The largest absolute Gasteiger partial charge is 0.311 e. The number of hydrogen-bond donors (Lipinski definition) is 1. The predicted octanol–water partition coefficient (Wildman–Crippen LogP) is 4.67. The van der Waals surface area contributed by atoms with E-state index in [0.717, 1.165) is 6.04 Å². The van der Waals surface area contributed by atoms with Gasteiger partial charge < -0.3 is 5.32 Å². The van der Waals surface area contributed by atoms with Gasteiger partial charge in [-0.3, -0.25) is 0 Å². The minimum absolute atomic E-state index is 0.252. The molecular weight excluding hydrogens is 230 g/mol. The van der Waals surface area contributed by atoms with Crippen LogP contribution in [-0.2, 0) is 5.41 Å². The highest BCUT2D eigenvalue weighted by atomic mass is 14.9. The van der Waals surface area contributed by atoms with Crippen molar-refractivity contribution in [3.63, 3.8) is 0 Å². The van der Waals surface area contributed by atoms with E-state index >= 15 is 0 Å². The van der Waals surface area contributed by atoms with E-state index in [1.165, 1.54) is 44.1 Å². The molecule has 1 aliphatic rings. The fourth-order valence-corrected chi connectivity index (χ4v) is 3.50. The summed E-state index contributed by atoms with van der Waals surface area (Å²) in [6.07, 6.45) is 8.20. The third kappa shape index (κ3) is 4.35. The molecule has 0 saturated heterocycles. The molecular formula is C18H29N. The standard InChI is InChI=1S/C18H29N/c1-15(19-17-12-8-5-9-13-17)14-18(2,3)16-10-6-4-7-11-16/h4,6-7,10-11,15,17,19H,5,8-9,12-14H2,1-3H3. The first-order valence-electron chi connectivity index (χ1n) is 7.89. The lowest BCUT2D eigenvalue weighted by Gasteiger charge is -2.32. The zero-order valence-electron chi connectivity index (χ0n) is 12.8. The smallest absolute Gasteiger partial charge is 0.00695 e. The van der Waals surface area contributed by atoms with Crippen LogP contribution < -0.4 is 5.32 Å². The topological polar surface area (TPSA) is 12.0 Å². The third-order valence-corrected chi connectivity index (χ3v) is 4.50. The van der Waals surface area contributed by atoms with Crippen molar-refractivity contribution in [2.75, 3.05) is 0 Å². The van der Waals surface area contributed by atoms with Crippen molar-refractivity contribution in [1.29, 1.82) is 0 Å². The van der Waals surface area contributed by atoms with Crippen LogP contribution in [0.15, 0.2) is 30.3 Å². The molecule has 0 radical (unpaired) electrons. The van der Waals surface area contributed by atoms with Crippen molar-refractivity contribution in [1.82, 2.24) is 5.32 Å². The van der Waals surface area contributed by atoms with Crippen LogP contribution in [0.4, 0.5) is 0 Å². The van der Waals surface area contributed by atoms with Gasteiger partial charge in [-0.1, -0.05) is 63.4 Å². The summed E-state index contributed by atoms with van der Waals surface area (Å²) >= 11 is 0. The molecule has 1 saturated carbocycles. The first-order chi connectivity index (χ1) is 9.08. The Bertz CT molecular complexity index is 363. The second kappa shape index (κ2) is 6.56. The predicted molar refractivity (Wildman–Crippen MR) is 83.6 cm³/mol. The fraction of sp³-hybridized carbons (Fsp3) is 0.667. The second-order valence-electron chi connectivity index (χ2n) is 6.86. The van der Waals surface area contributed by atoms with Gasteiger partial charge in [-0.15, -0.1) is 0 Å². The summed E-state index contributed by atoms with van der Waals surface area (Å²) in [4.78, 5) is 0. The van der Waals surface area contributed by atoms with Crippen molar-refractivity contribution in [2.45, 2.75) is 76.8 Å². The van der Waals surface area contributed by atoms with E-state index in [9.17, 15) is 0 Å². The van der Waals surface area contributed by atoms with E-state index in [1.54, 1.807) is 0 Å². The maximum atomic E-state index is 3.84. The van der Waals surface area contributed by atoms with Gasteiger partial charge in [0.15, 0.2) is 0 Å². The first-order valence-corrected chi connectivity index (χ1v) is 7.89. The Morgan fingerprint density at radius 2 is 1.74 bits per heavy atom. The fourth-order valence-electron chi connectivity index (χ4n) is 3.50. The Labute approximate surface area is 118 Å². The number of nitrogens with one attached hydrogen (secondary N) is 1. The highest BCUT2D eigenvalue weighted by Crippen LogP contribution is 2.28. The molecule has 106 valence electrons. The quantitative estimate of drug-likeness (QED) is 0.810. The molecule has 1 unspecified atom stereocenters. The average molecular weight is 259 g/mol. The van der Waals surface area contributed by atoms with Crippen molar-refractivity contribution >= 4 is 0 Å². The van der Waals surface area contributed by atoms with Crippen LogP contribution in [0.2, 0.25) is 0 Å². The summed E-state index contributed by atoms with van der Waals surface area (Å²) in [5.41, 5.74) is 1.70. The molecule has 1 aromatic carbocycles. The van der Waals surface area contributed by atoms with Gasteiger partial charge in [-0.05, 0) is 37.2 Å². The van der Waals surface area contributed by atoms with E-state index in [0.29, 0.717) is 6.04 Å². The molecule has 1 N–H and O–H groups in total. The zero-order chi connectivity index (χ0) is 13.7. The van der Waals surface area contributed by atoms with Gasteiger partial charge >= 0.3 is 0 Å². The molecule has 1 fully saturated rings. The molecule has 0 aromatic heterocycles. The molecule has 1 aliphatic carbocycles. The summed E-state index contributed by atoms with van der Waals surface area (Å²) in [6, 6.07) is 12.3. The van der Waals surface area contributed by atoms with Gasteiger partial charge in [0.05, 0.1) is 0 Å². The van der Waals surface area contributed by atoms with E-state index in [2.05, 4.69) is 56.4 Å². The Morgan fingerprint density at radius 1 is 1.11 bits per heavy atom. The summed E-state index contributed by atoms with van der Waals surface area (Å²) in [7, 11) is 0. The summed E-state index contributed by atoms with van der Waals surface area (Å²) in [5, 5.41) is 3.84. The lowest BCUT2D eigenvalue weighted by atomic mass is 9.79. The monoisotopic (exact) mass is 259 g/mol. The molecule has 0 amide bonds. The van der Waals surface area contributed by atoms with Crippen molar-refractivity contribution in [3.8, 4) is 0 Å². The van der Waals surface area contributed by atoms with E-state index in [1.807, 2.05) is 0 Å². The van der Waals surface area contributed by atoms with Crippen molar-refractivity contribution < 1.29 is 0 Å². The van der Waals surface area contributed by atoms with Crippen LogP contribution in [0.3, 0.4) is 0 Å². The van der Waals surface area contributed by atoms with Crippen LogP contribution >= 0.6 is 0 Å². The van der Waals surface area contributed by atoms with Gasteiger partial charge in [0.2, 0.25) is 0 Å². The van der Waals surface area contributed by atoms with Crippen LogP contribution in [-0.4, -0.2) is 12.1 Å². The normalized spacial score (nSPS) is 19.3. The average Bonchev–Trinajstić information content (AvgIpc) is 2.40. The zero-order valence-corrected chi connectivity index (χ0v) is 12.8. The molecule has 1 heteroatoms. The summed E-state index contributed by atoms with van der Waals surface area (Å²) < 4.78 is 0. The summed E-state index contributed by atoms with van der Waals surface area (Å²) in [6.45, 7) is 7.07. The lowest BCUT2D eigenvalue weighted by Crippen LogP contribution is -2.40. The second-order valence-corrected chi connectivity index (χ2v) is 6.86.